The van der Waals surface area contributed by atoms with Crippen molar-refractivity contribution in [2.75, 3.05) is 0 Å². The highest BCUT2D eigenvalue weighted by Gasteiger charge is 2.04. The van der Waals surface area contributed by atoms with Crippen LogP contribution in [0.3, 0.4) is 0 Å². The Bertz CT molecular complexity index is 1150. The van der Waals surface area contributed by atoms with Crippen LogP contribution in [0.5, 0.6) is 0 Å². The number of pyridine rings is 2. The number of aromatic nitrogens is 2. The van der Waals surface area contributed by atoms with Gasteiger partial charge in [0.25, 0.3) is 0 Å². The number of nitrogens with zero attached hydrogens (tertiary/aromatic N) is 2. The molecule has 5 aromatic rings. The highest BCUT2D eigenvalue weighted by molar-refractivity contribution is 5.87. The molecule has 0 saturated carbocycles. The van der Waals surface area contributed by atoms with E-state index in [0.29, 0.717) is 0 Å². The van der Waals surface area contributed by atoms with Gasteiger partial charge in [0.05, 0.1) is 11.0 Å². The second kappa shape index (κ2) is 6.08. The molecule has 0 atom stereocenters. The average Bonchev–Trinajstić information content (AvgIpc) is 2.73. The van der Waals surface area contributed by atoms with Crippen molar-refractivity contribution >= 4 is 21.8 Å². The van der Waals surface area contributed by atoms with Crippen molar-refractivity contribution in [3.8, 4) is 22.3 Å². The molecular formula is C24H16N2. The third-order valence-electron chi connectivity index (χ3n) is 4.74. The molecule has 5 rings (SSSR count). The minimum Gasteiger partial charge on any atom is -0.256 e. The molecule has 0 radical (unpaired) electrons. The van der Waals surface area contributed by atoms with Gasteiger partial charge < -0.3 is 0 Å². The Hall–Kier alpha value is -3.52. The third-order valence-corrected chi connectivity index (χ3v) is 4.74. The van der Waals surface area contributed by atoms with Crippen LogP contribution in [0.2, 0.25) is 0 Å². The van der Waals surface area contributed by atoms with Gasteiger partial charge in [0, 0.05) is 23.2 Å². The van der Waals surface area contributed by atoms with Gasteiger partial charge in [0.15, 0.2) is 0 Å². The van der Waals surface area contributed by atoms with E-state index in [1.165, 1.54) is 22.3 Å². The maximum absolute atomic E-state index is 4.40. The van der Waals surface area contributed by atoms with E-state index < -0.39 is 0 Å². The fraction of sp³-hybridized carbons (Fsp3) is 0. The first-order chi connectivity index (χ1) is 12.9. The summed E-state index contributed by atoms with van der Waals surface area (Å²) in [5.74, 6) is 0. The van der Waals surface area contributed by atoms with Crippen LogP contribution < -0.4 is 0 Å². The SMILES string of the molecule is c1cc(-c2ccc3ncccc3c2)cc(-c2ccc3ncccc3c2)c1. The van der Waals surface area contributed by atoms with Gasteiger partial charge in [-0.05, 0) is 64.7 Å². The zero-order valence-corrected chi connectivity index (χ0v) is 14.1. The van der Waals surface area contributed by atoms with Gasteiger partial charge in [-0.1, -0.05) is 42.5 Å². The molecule has 2 nitrogen and oxygen atoms in total. The van der Waals surface area contributed by atoms with Crippen LogP contribution in [0.4, 0.5) is 0 Å². The summed E-state index contributed by atoms with van der Waals surface area (Å²) in [4.78, 5) is 8.81. The lowest BCUT2D eigenvalue weighted by Crippen LogP contribution is -1.84. The van der Waals surface area contributed by atoms with Gasteiger partial charge in [-0.3, -0.25) is 9.97 Å². The molecule has 0 aliphatic rings. The first-order valence-electron chi connectivity index (χ1n) is 8.67. The first kappa shape index (κ1) is 14.8. The zero-order valence-electron chi connectivity index (χ0n) is 14.1. The fourth-order valence-electron chi connectivity index (χ4n) is 3.39. The molecule has 0 spiro atoms. The van der Waals surface area contributed by atoms with Crippen LogP contribution in [-0.2, 0) is 0 Å². The van der Waals surface area contributed by atoms with Crippen LogP contribution in [0.1, 0.15) is 0 Å². The molecule has 26 heavy (non-hydrogen) atoms. The van der Waals surface area contributed by atoms with E-state index in [1.807, 2.05) is 24.5 Å². The molecule has 2 heteroatoms. The van der Waals surface area contributed by atoms with Gasteiger partial charge in [-0.15, -0.1) is 0 Å². The van der Waals surface area contributed by atoms with Gasteiger partial charge >= 0.3 is 0 Å². The Morgan fingerprint density at radius 2 is 0.923 bits per heavy atom. The molecule has 0 saturated heterocycles. The van der Waals surface area contributed by atoms with E-state index in [9.17, 15) is 0 Å². The van der Waals surface area contributed by atoms with Gasteiger partial charge in [0.2, 0.25) is 0 Å². The fourth-order valence-corrected chi connectivity index (χ4v) is 3.39. The highest BCUT2D eigenvalue weighted by atomic mass is 14.6. The second-order valence-corrected chi connectivity index (χ2v) is 6.40. The quantitative estimate of drug-likeness (QED) is 0.389. The lowest BCUT2D eigenvalue weighted by Gasteiger charge is -2.08. The zero-order chi connectivity index (χ0) is 17.3. The molecule has 2 aromatic heterocycles. The Morgan fingerprint density at radius 3 is 1.46 bits per heavy atom. The molecule has 122 valence electrons. The summed E-state index contributed by atoms with van der Waals surface area (Å²) >= 11 is 0. The first-order valence-corrected chi connectivity index (χ1v) is 8.67. The van der Waals surface area contributed by atoms with Crippen LogP contribution in [0.25, 0.3) is 44.1 Å². The smallest absolute Gasteiger partial charge is 0.0702 e. The van der Waals surface area contributed by atoms with E-state index in [0.717, 1.165) is 21.8 Å². The normalized spacial score (nSPS) is 11.1. The highest BCUT2D eigenvalue weighted by Crippen LogP contribution is 2.29. The summed E-state index contributed by atoms with van der Waals surface area (Å²) in [6, 6.07) is 29.7. The van der Waals surface area contributed by atoms with Crippen LogP contribution in [0, 0.1) is 0 Å². The molecule has 0 bridgehead atoms. The van der Waals surface area contributed by atoms with Crippen LogP contribution in [-0.4, -0.2) is 9.97 Å². The topological polar surface area (TPSA) is 25.8 Å². The van der Waals surface area contributed by atoms with Crippen LogP contribution >= 0.6 is 0 Å². The van der Waals surface area contributed by atoms with Crippen molar-refractivity contribution in [3.05, 3.63) is 97.3 Å². The Balaban J connectivity index is 1.60. The standard InChI is InChI=1S/C24H16N2/c1-4-17(19-8-10-23-21(15-19)6-2-12-25-23)14-18(5-1)20-9-11-24-22(16-20)7-3-13-26-24/h1-16H. The second-order valence-electron chi connectivity index (χ2n) is 6.40. The molecular weight excluding hydrogens is 316 g/mol. The molecule has 0 amide bonds. The van der Waals surface area contributed by atoms with Crippen LogP contribution in [0.15, 0.2) is 97.3 Å². The maximum Gasteiger partial charge on any atom is 0.0702 e. The summed E-state index contributed by atoms with van der Waals surface area (Å²) < 4.78 is 0. The van der Waals surface area contributed by atoms with Crippen molar-refractivity contribution in [1.82, 2.24) is 9.97 Å². The van der Waals surface area contributed by atoms with Crippen molar-refractivity contribution in [2.24, 2.45) is 0 Å². The molecule has 3 aromatic carbocycles. The summed E-state index contributed by atoms with van der Waals surface area (Å²) in [5.41, 5.74) is 6.87. The molecule has 0 aliphatic carbocycles. The molecule has 0 aliphatic heterocycles. The number of hydrogen-bond acceptors (Lipinski definition) is 2. The maximum atomic E-state index is 4.40. The Kier molecular flexibility index (Phi) is 3.46. The molecule has 0 unspecified atom stereocenters. The molecule has 0 fully saturated rings. The largest absolute Gasteiger partial charge is 0.256 e. The van der Waals surface area contributed by atoms with E-state index in [2.05, 4.69) is 82.8 Å². The third kappa shape index (κ3) is 2.62. The molecule has 2 heterocycles. The van der Waals surface area contributed by atoms with Crippen molar-refractivity contribution in [1.29, 1.82) is 0 Å². The van der Waals surface area contributed by atoms with Crippen molar-refractivity contribution < 1.29 is 0 Å². The lowest BCUT2D eigenvalue weighted by atomic mass is 9.97. The minimum absolute atomic E-state index is 1.02. The van der Waals surface area contributed by atoms with E-state index >= 15 is 0 Å². The average molecular weight is 332 g/mol. The summed E-state index contributed by atoms with van der Waals surface area (Å²) in [7, 11) is 0. The van der Waals surface area contributed by atoms with Crippen molar-refractivity contribution in [2.45, 2.75) is 0 Å². The number of benzene rings is 3. The molecule has 0 N–H and O–H groups in total. The number of rotatable bonds is 2. The summed E-state index contributed by atoms with van der Waals surface area (Å²) in [6.07, 6.45) is 3.66. The predicted molar refractivity (Wildman–Crippen MR) is 108 cm³/mol. The van der Waals surface area contributed by atoms with Gasteiger partial charge in [-0.2, -0.15) is 0 Å². The van der Waals surface area contributed by atoms with Crippen molar-refractivity contribution in [3.63, 3.8) is 0 Å². The Labute approximate surface area is 151 Å². The van der Waals surface area contributed by atoms with Gasteiger partial charge in [0.1, 0.15) is 0 Å². The monoisotopic (exact) mass is 332 g/mol. The lowest BCUT2D eigenvalue weighted by molar-refractivity contribution is 1.41. The number of hydrogen-bond donors (Lipinski definition) is 0. The number of fused-ring (bicyclic) bond motifs is 2. The minimum atomic E-state index is 1.02. The van der Waals surface area contributed by atoms with E-state index in [4.69, 9.17) is 0 Å². The van der Waals surface area contributed by atoms with E-state index in [1.54, 1.807) is 0 Å². The Morgan fingerprint density at radius 1 is 0.423 bits per heavy atom. The summed E-state index contributed by atoms with van der Waals surface area (Å²) in [6.45, 7) is 0. The van der Waals surface area contributed by atoms with Gasteiger partial charge in [-0.25, -0.2) is 0 Å². The summed E-state index contributed by atoms with van der Waals surface area (Å²) in [5, 5.41) is 2.32. The predicted octanol–water partition coefficient (Wildman–Crippen LogP) is 6.12. The van der Waals surface area contributed by atoms with E-state index in [-0.39, 0.29) is 0 Å².